The van der Waals surface area contributed by atoms with E-state index in [1.165, 1.54) is 0 Å². The van der Waals surface area contributed by atoms with E-state index in [0.29, 0.717) is 0 Å². The molecule has 3 aromatic rings. The third kappa shape index (κ3) is 4.54. The molecule has 0 fully saturated rings. The van der Waals surface area contributed by atoms with E-state index in [1.54, 1.807) is 23.1 Å². The van der Waals surface area contributed by atoms with Crippen LogP contribution in [0.25, 0.3) is 10.6 Å². The first kappa shape index (κ1) is 18.7. The van der Waals surface area contributed by atoms with Gasteiger partial charge in [-0.3, -0.25) is 4.79 Å². The Labute approximate surface area is 162 Å². The predicted octanol–water partition coefficient (Wildman–Crippen LogP) is 5.69. The lowest BCUT2D eigenvalue weighted by Gasteiger charge is -2.15. The Morgan fingerprint density at radius 2 is 1.81 bits per heavy atom. The fraction of sp³-hybridized carbons (Fsp3) is 0.238. The second-order valence-electron chi connectivity index (χ2n) is 6.22. The molecule has 2 aromatic carbocycles. The van der Waals surface area contributed by atoms with Gasteiger partial charge in [-0.25, -0.2) is 4.98 Å². The number of carbonyl (C=O) groups is 1. The minimum absolute atomic E-state index is 0.0333. The zero-order chi connectivity index (χ0) is 18.5. The van der Waals surface area contributed by atoms with Gasteiger partial charge in [0, 0.05) is 22.4 Å². The minimum atomic E-state index is -0.143. The summed E-state index contributed by atoms with van der Waals surface area (Å²) in [5.74, 6) is 0.760. The van der Waals surface area contributed by atoms with E-state index in [1.807, 2.05) is 57.2 Å². The summed E-state index contributed by atoms with van der Waals surface area (Å²) in [7, 11) is 0. The van der Waals surface area contributed by atoms with E-state index in [-0.39, 0.29) is 11.2 Å². The van der Waals surface area contributed by atoms with Gasteiger partial charge in [-0.15, -0.1) is 23.1 Å². The molecule has 134 valence electrons. The van der Waals surface area contributed by atoms with Gasteiger partial charge in [-0.05, 0) is 31.9 Å². The number of aryl methyl sites for hydroxylation is 2. The van der Waals surface area contributed by atoms with Crippen LogP contribution in [0.5, 0.6) is 0 Å². The van der Waals surface area contributed by atoms with Crippen LogP contribution in [0.1, 0.15) is 23.7 Å². The standard InChI is InChI=1S/C21H22N2OS2/c1-14-8-7-9-15(2)19(14)23-20(24)16(3)25-12-18-13-26-21(22-18)17-10-5-4-6-11-17/h4-11,13,16H,12H2,1-3H3,(H,23,24)/t16-/m0/s1. The molecule has 1 aromatic heterocycles. The molecule has 0 unspecified atom stereocenters. The van der Waals surface area contributed by atoms with Crippen molar-refractivity contribution in [3.63, 3.8) is 0 Å². The quantitative estimate of drug-likeness (QED) is 0.596. The molecule has 1 atom stereocenters. The Kier molecular flexibility index (Phi) is 6.12. The van der Waals surface area contributed by atoms with Crippen LogP contribution in [0.4, 0.5) is 5.69 Å². The highest BCUT2D eigenvalue weighted by molar-refractivity contribution is 7.99. The van der Waals surface area contributed by atoms with Gasteiger partial charge in [0.2, 0.25) is 5.91 Å². The molecule has 0 aliphatic heterocycles. The van der Waals surface area contributed by atoms with Crippen LogP contribution in [0.3, 0.4) is 0 Å². The maximum Gasteiger partial charge on any atom is 0.237 e. The number of carbonyl (C=O) groups excluding carboxylic acids is 1. The van der Waals surface area contributed by atoms with E-state index in [2.05, 4.69) is 27.8 Å². The van der Waals surface area contributed by atoms with Gasteiger partial charge in [0.1, 0.15) is 5.01 Å². The second-order valence-corrected chi connectivity index (χ2v) is 8.41. The highest BCUT2D eigenvalue weighted by Crippen LogP contribution is 2.27. The minimum Gasteiger partial charge on any atom is -0.325 e. The lowest BCUT2D eigenvalue weighted by atomic mass is 10.1. The zero-order valence-electron chi connectivity index (χ0n) is 15.2. The summed E-state index contributed by atoms with van der Waals surface area (Å²) in [6.45, 7) is 5.97. The number of rotatable bonds is 6. The Morgan fingerprint density at radius 3 is 2.50 bits per heavy atom. The van der Waals surface area contributed by atoms with Gasteiger partial charge in [0.05, 0.1) is 10.9 Å². The largest absolute Gasteiger partial charge is 0.325 e. The van der Waals surface area contributed by atoms with Crippen LogP contribution in [0.15, 0.2) is 53.9 Å². The summed E-state index contributed by atoms with van der Waals surface area (Å²) in [5, 5.41) is 6.02. The average Bonchev–Trinajstić information content (AvgIpc) is 3.12. The van der Waals surface area contributed by atoms with Gasteiger partial charge in [0.25, 0.3) is 0 Å². The van der Waals surface area contributed by atoms with Crippen LogP contribution >= 0.6 is 23.1 Å². The number of hydrogen-bond donors (Lipinski definition) is 1. The number of amides is 1. The number of benzene rings is 2. The van der Waals surface area contributed by atoms with Gasteiger partial charge in [-0.2, -0.15) is 0 Å². The Bertz CT molecular complexity index is 870. The predicted molar refractivity (Wildman–Crippen MR) is 113 cm³/mol. The zero-order valence-corrected chi connectivity index (χ0v) is 16.8. The topological polar surface area (TPSA) is 42.0 Å². The highest BCUT2D eigenvalue weighted by Gasteiger charge is 2.16. The van der Waals surface area contributed by atoms with E-state index in [9.17, 15) is 4.79 Å². The number of aromatic nitrogens is 1. The molecule has 1 heterocycles. The maximum absolute atomic E-state index is 12.5. The van der Waals surface area contributed by atoms with Crippen molar-refractivity contribution in [1.29, 1.82) is 0 Å². The van der Waals surface area contributed by atoms with Gasteiger partial charge in [0.15, 0.2) is 0 Å². The summed E-state index contributed by atoms with van der Waals surface area (Å²) in [6.07, 6.45) is 0. The molecule has 26 heavy (non-hydrogen) atoms. The SMILES string of the molecule is Cc1cccc(C)c1NC(=O)[C@H](C)SCc1csc(-c2ccccc2)n1. The van der Waals surface area contributed by atoms with Gasteiger partial charge < -0.3 is 5.32 Å². The van der Waals surface area contributed by atoms with E-state index >= 15 is 0 Å². The Hall–Kier alpha value is -2.11. The van der Waals surface area contributed by atoms with Crippen molar-refractivity contribution < 1.29 is 4.79 Å². The van der Waals surface area contributed by atoms with Crippen LogP contribution in [0, 0.1) is 13.8 Å². The van der Waals surface area contributed by atoms with Crippen molar-refractivity contribution in [2.24, 2.45) is 0 Å². The highest BCUT2D eigenvalue weighted by atomic mass is 32.2. The van der Waals surface area contributed by atoms with E-state index in [0.717, 1.165) is 38.8 Å². The normalized spacial score (nSPS) is 12.0. The molecule has 1 N–H and O–H groups in total. The molecule has 0 spiro atoms. The number of para-hydroxylation sites is 1. The second kappa shape index (κ2) is 8.52. The molecule has 0 bridgehead atoms. The molecular formula is C21H22N2OS2. The summed E-state index contributed by atoms with van der Waals surface area (Å²) < 4.78 is 0. The number of thiazole rings is 1. The third-order valence-corrected chi connectivity index (χ3v) is 6.27. The lowest BCUT2D eigenvalue weighted by Crippen LogP contribution is -2.23. The molecule has 1 amide bonds. The van der Waals surface area contributed by atoms with E-state index in [4.69, 9.17) is 0 Å². The first-order chi connectivity index (χ1) is 12.5. The first-order valence-corrected chi connectivity index (χ1v) is 10.5. The lowest BCUT2D eigenvalue weighted by molar-refractivity contribution is -0.115. The van der Waals surface area contributed by atoms with Crippen molar-refractivity contribution >= 4 is 34.7 Å². The average molecular weight is 383 g/mol. The number of hydrogen-bond acceptors (Lipinski definition) is 4. The Balaban J connectivity index is 1.58. The summed E-state index contributed by atoms with van der Waals surface area (Å²) in [4.78, 5) is 17.2. The molecule has 5 heteroatoms. The molecule has 0 saturated heterocycles. The number of nitrogens with one attached hydrogen (secondary N) is 1. The van der Waals surface area contributed by atoms with Crippen molar-refractivity contribution in [1.82, 2.24) is 4.98 Å². The summed E-state index contributed by atoms with van der Waals surface area (Å²) in [5.41, 5.74) is 5.25. The smallest absolute Gasteiger partial charge is 0.237 e. The maximum atomic E-state index is 12.5. The van der Waals surface area contributed by atoms with Crippen LogP contribution in [0.2, 0.25) is 0 Å². The first-order valence-electron chi connectivity index (χ1n) is 8.53. The van der Waals surface area contributed by atoms with E-state index < -0.39 is 0 Å². The van der Waals surface area contributed by atoms with Gasteiger partial charge >= 0.3 is 0 Å². The molecule has 0 aliphatic carbocycles. The fourth-order valence-electron chi connectivity index (χ4n) is 2.61. The fourth-order valence-corrected chi connectivity index (χ4v) is 4.32. The summed E-state index contributed by atoms with van der Waals surface area (Å²) >= 11 is 3.25. The van der Waals surface area contributed by atoms with Crippen molar-refractivity contribution in [2.45, 2.75) is 31.8 Å². The number of nitrogens with zero attached hydrogens (tertiary/aromatic N) is 1. The molecule has 0 aliphatic rings. The summed E-state index contributed by atoms with van der Waals surface area (Å²) in [6, 6.07) is 16.2. The van der Waals surface area contributed by atoms with Crippen molar-refractivity contribution in [3.8, 4) is 10.6 Å². The molecule has 0 saturated carbocycles. The van der Waals surface area contributed by atoms with Gasteiger partial charge in [-0.1, -0.05) is 48.5 Å². The molecule has 0 radical (unpaired) electrons. The Morgan fingerprint density at radius 1 is 1.12 bits per heavy atom. The van der Waals surface area contributed by atoms with Crippen LogP contribution in [-0.4, -0.2) is 16.1 Å². The van der Waals surface area contributed by atoms with Crippen LogP contribution < -0.4 is 5.32 Å². The van der Waals surface area contributed by atoms with Crippen molar-refractivity contribution in [3.05, 3.63) is 70.7 Å². The molecule has 3 nitrogen and oxygen atoms in total. The monoisotopic (exact) mass is 382 g/mol. The van der Waals surface area contributed by atoms with Crippen LogP contribution in [-0.2, 0) is 10.5 Å². The number of thioether (sulfide) groups is 1. The van der Waals surface area contributed by atoms with Crippen molar-refractivity contribution in [2.75, 3.05) is 5.32 Å². The molecule has 3 rings (SSSR count). The number of anilines is 1. The third-order valence-electron chi connectivity index (χ3n) is 4.15. The molecular weight excluding hydrogens is 360 g/mol.